The van der Waals surface area contributed by atoms with Crippen LogP contribution in [0.1, 0.15) is 23.2 Å². The van der Waals surface area contributed by atoms with Gasteiger partial charge in [0.15, 0.2) is 5.82 Å². The number of nitrogen functional groups attached to an aromatic ring is 1. The van der Waals surface area contributed by atoms with E-state index < -0.39 is 5.97 Å². The Hall–Kier alpha value is -1.78. The molecule has 0 aromatic carbocycles. The van der Waals surface area contributed by atoms with Crippen molar-refractivity contribution in [3.63, 3.8) is 0 Å². The van der Waals surface area contributed by atoms with Gasteiger partial charge in [0.05, 0.1) is 11.3 Å². The van der Waals surface area contributed by atoms with Crippen LogP contribution in [0.2, 0.25) is 0 Å². The average molecular weight is 207 g/mol. The Labute approximate surface area is 87.5 Å². The smallest absolute Gasteiger partial charge is 0.337 e. The van der Waals surface area contributed by atoms with Crippen LogP contribution in [0.4, 0.5) is 11.5 Å². The molecule has 0 unspecified atom stereocenters. The van der Waals surface area contributed by atoms with E-state index in [1.807, 2.05) is 11.9 Å². The number of rotatable bonds is 3. The summed E-state index contributed by atoms with van der Waals surface area (Å²) < 4.78 is 0. The van der Waals surface area contributed by atoms with Crippen molar-refractivity contribution in [3.05, 3.63) is 17.8 Å². The number of carboxylic acid groups (broad SMARTS) is 1. The van der Waals surface area contributed by atoms with Gasteiger partial charge in [-0.25, -0.2) is 9.78 Å². The van der Waals surface area contributed by atoms with E-state index in [0.717, 1.165) is 12.8 Å². The summed E-state index contributed by atoms with van der Waals surface area (Å²) in [6.07, 6.45) is 3.64. The molecule has 1 saturated carbocycles. The van der Waals surface area contributed by atoms with Crippen LogP contribution in [-0.4, -0.2) is 29.1 Å². The fourth-order valence-electron chi connectivity index (χ4n) is 1.52. The van der Waals surface area contributed by atoms with Gasteiger partial charge in [0.25, 0.3) is 0 Å². The van der Waals surface area contributed by atoms with E-state index in [0.29, 0.717) is 17.5 Å². The molecule has 0 spiro atoms. The molecule has 2 rings (SSSR count). The number of carbonyl (C=O) groups is 1. The molecule has 0 aliphatic heterocycles. The second kappa shape index (κ2) is 3.42. The van der Waals surface area contributed by atoms with Gasteiger partial charge in [-0.05, 0) is 18.9 Å². The Bertz CT molecular complexity index is 402. The molecule has 1 aliphatic rings. The van der Waals surface area contributed by atoms with Gasteiger partial charge in [0.2, 0.25) is 0 Å². The average Bonchev–Trinajstić information content (AvgIpc) is 2.99. The third kappa shape index (κ3) is 1.86. The predicted octanol–water partition coefficient (Wildman–Crippen LogP) is 0.961. The van der Waals surface area contributed by atoms with Crippen LogP contribution in [0.15, 0.2) is 12.3 Å². The molecule has 1 fully saturated rings. The van der Waals surface area contributed by atoms with Crippen molar-refractivity contribution >= 4 is 17.5 Å². The zero-order valence-electron chi connectivity index (χ0n) is 8.47. The third-order valence-electron chi connectivity index (χ3n) is 2.57. The van der Waals surface area contributed by atoms with Gasteiger partial charge < -0.3 is 15.7 Å². The lowest BCUT2D eigenvalue weighted by Crippen LogP contribution is -2.22. The molecule has 3 N–H and O–H groups in total. The van der Waals surface area contributed by atoms with Crippen molar-refractivity contribution in [2.24, 2.45) is 0 Å². The van der Waals surface area contributed by atoms with Crippen LogP contribution < -0.4 is 10.6 Å². The molecule has 1 aromatic heterocycles. The van der Waals surface area contributed by atoms with Gasteiger partial charge in [-0.2, -0.15) is 0 Å². The quantitative estimate of drug-likeness (QED) is 0.771. The lowest BCUT2D eigenvalue weighted by atomic mass is 10.2. The number of aromatic nitrogens is 1. The normalized spacial score (nSPS) is 15.0. The van der Waals surface area contributed by atoms with E-state index in [-0.39, 0.29) is 5.56 Å². The minimum absolute atomic E-state index is 0.125. The lowest BCUT2D eigenvalue weighted by molar-refractivity contribution is 0.0696. The zero-order chi connectivity index (χ0) is 11.0. The molecule has 15 heavy (non-hydrogen) atoms. The fraction of sp³-hybridized carbons (Fsp3) is 0.400. The predicted molar refractivity (Wildman–Crippen MR) is 57.0 cm³/mol. The van der Waals surface area contributed by atoms with E-state index in [1.54, 1.807) is 0 Å². The first-order chi connectivity index (χ1) is 7.09. The summed E-state index contributed by atoms with van der Waals surface area (Å²) >= 11 is 0. The minimum Gasteiger partial charge on any atom is -0.478 e. The Morgan fingerprint density at radius 2 is 2.33 bits per heavy atom. The number of anilines is 2. The number of aromatic carboxylic acids is 1. The van der Waals surface area contributed by atoms with Crippen LogP contribution in [0.5, 0.6) is 0 Å². The molecule has 1 aromatic rings. The second-order valence-corrected chi connectivity index (χ2v) is 3.78. The summed E-state index contributed by atoms with van der Waals surface area (Å²) in [5.74, 6) is -0.336. The number of nitrogens with two attached hydrogens (primary N) is 1. The topological polar surface area (TPSA) is 79.5 Å². The number of pyridine rings is 1. The van der Waals surface area contributed by atoms with E-state index in [9.17, 15) is 4.79 Å². The zero-order valence-corrected chi connectivity index (χ0v) is 8.47. The summed E-state index contributed by atoms with van der Waals surface area (Å²) in [7, 11) is 1.93. The molecule has 0 radical (unpaired) electrons. The minimum atomic E-state index is -1.00. The van der Waals surface area contributed by atoms with Gasteiger partial charge in [-0.15, -0.1) is 0 Å². The Morgan fingerprint density at radius 3 is 2.80 bits per heavy atom. The van der Waals surface area contributed by atoms with Gasteiger partial charge in [0, 0.05) is 19.3 Å². The SMILES string of the molecule is CN(c1ncc(C(=O)O)cc1N)C1CC1. The first-order valence-corrected chi connectivity index (χ1v) is 4.81. The molecular weight excluding hydrogens is 194 g/mol. The summed E-state index contributed by atoms with van der Waals surface area (Å²) in [4.78, 5) is 16.8. The van der Waals surface area contributed by atoms with Crippen LogP contribution in [0, 0.1) is 0 Å². The molecule has 5 heteroatoms. The van der Waals surface area contributed by atoms with Gasteiger partial charge in [-0.3, -0.25) is 0 Å². The van der Waals surface area contributed by atoms with E-state index in [2.05, 4.69) is 4.98 Å². The van der Waals surface area contributed by atoms with E-state index >= 15 is 0 Å². The molecule has 0 amide bonds. The van der Waals surface area contributed by atoms with Crippen LogP contribution in [0.25, 0.3) is 0 Å². The van der Waals surface area contributed by atoms with Crippen molar-refractivity contribution < 1.29 is 9.90 Å². The van der Waals surface area contributed by atoms with Crippen LogP contribution >= 0.6 is 0 Å². The maximum atomic E-state index is 10.7. The molecule has 1 aliphatic carbocycles. The van der Waals surface area contributed by atoms with Gasteiger partial charge in [-0.1, -0.05) is 0 Å². The summed E-state index contributed by atoms with van der Waals surface area (Å²) in [6, 6.07) is 1.96. The summed E-state index contributed by atoms with van der Waals surface area (Å²) in [6.45, 7) is 0. The number of nitrogens with zero attached hydrogens (tertiary/aromatic N) is 2. The molecule has 0 saturated heterocycles. The highest BCUT2D eigenvalue weighted by molar-refractivity contribution is 5.89. The second-order valence-electron chi connectivity index (χ2n) is 3.78. The monoisotopic (exact) mass is 207 g/mol. The molecule has 0 bridgehead atoms. The van der Waals surface area contributed by atoms with Crippen LogP contribution in [0.3, 0.4) is 0 Å². The summed E-state index contributed by atoms with van der Waals surface area (Å²) in [5.41, 5.74) is 6.30. The lowest BCUT2D eigenvalue weighted by Gasteiger charge is -2.19. The summed E-state index contributed by atoms with van der Waals surface area (Å²) in [5, 5.41) is 8.75. The number of carboxylic acids is 1. The molecule has 80 valence electrons. The fourth-order valence-corrected chi connectivity index (χ4v) is 1.52. The Balaban J connectivity index is 2.29. The maximum Gasteiger partial charge on any atom is 0.337 e. The van der Waals surface area contributed by atoms with Crippen molar-refractivity contribution in [2.75, 3.05) is 17.7 Å². The van der Waals surface area contributed by atoms with E-state index in [4.69, 9.17) is 10.8 Å². The van der Waals surface area contributed by atoms with Gasteiger partial charge >= 0.3 is 5.97 Å². The third-order valence-corrected chi connectivity index (χ3v) is 2.57. The number of hydrogen-bond acceptors (Lipinski definition) is 4. The Morgan fingerprint density at radius 1 is 1.67 bits per heavy atom. The molecular formula is C10H13N3O2. The highest BCUT2D eigenvalue weighted by Gasteiger charge is 2.28. The highest BCUT2D eigenvalue weighted by atomic mass is 16.4. The van der Waals surface area contributed by atoms with Crippen molar-refractivity contribution in [1.29, 1.82) is 0 Å². The largest absolute Gasteiger partial charge is 0.478 e. The van der Waals surface area contributed by atoms with Crippen LogP contribution in [-0.2, 0) is 0 Å². The van der Waals surface area contributed by atoms with Crippen molar-refractivity contribution in [2.45, 2.75) is 18.9 Å². The molecule has 5 nitrogen and oxygen atoms in total. The standard InChI is InChI=1S/C10H13N3O2/c1-13(7-2-3-7)9-8(11)4-6(5-12-9)10(14)15/h4-5,7H,2-3,11H2,1H3,(H,14,15). The van der Waals surface area contributed by atoms with Crippen molar-refractivity contribution in [1.82, 2.24) is 4.98 Å². The molecule has 1 heterocycles. The first-order valence-electron chi connectivity index (χ1n) is 4.81. The van der Waals surface area contributed by atoms with E-state index in [1.165, 1.54) is 12.3 Å². The highest BCUT2D eigenvalue weighted by Crippen LogP contribution is 2.31. The maximum absolute atomic E-state index is 10.7. The van der Waals surface area contributed by atoms with Crippen molar-refractivity contribution in [3.8, 4) is 0 Å². The molecule has 0 atom stereocenters. The Kier molecular flexibility index (Phi) is 2.22. The van der Waals surface area contributed by atoms with Gasteiger partial charge in [0.1, 0.15) is 0 Å². The first kappa shape index (κ1) is 9.76. The number of hydrogen-bond donors (Lipinski definition) is 2.